The third-order valence-corrected chi connectivity index (χ3v) is 5.47. The number of aliphatic hydroxyl groups excluding tert-OH is 1. The van der Waals surface area contributed by atoms with Crippen molar-refractivity contribution in [2.24, 2.45) is 0 Å². The van der Waals surface area contributed by atoms with Crippen LogP contribution in [0.5, 0.6) is 0 Å². The second-order valence-electron chi connectivity index (χ2n) is 5.52. The number of fused-ring (bicyclic) bond motifs is 1. The van der Waals surface area contributed by atoms with E-state index in [2.05, 4.69) is 55.5 Å². The van der Waals surface area contributed by atoms with E-state index in [1.165, 1.54) is 21.6 Å². The smallest absolute Gasteiger partial charge is 0.0500 e. The fourth-order valence-corrected chi connectivity index (χ4v) is 4.39. The number of aryl methyl sites for hydroxylation is 1. The normalized spacial score (nSPS) is 18.8. The number of benzene rings is 2. The van der Waals surface area contributed by atoms with Gasteiger partial charge in [0.1, 0.15) is 0 Å². The lowest BCUT2D eigenvalue weighted by Gasteiger charge is -2.21. The van der Waals surface area contributed by atoms with Gasteiger partial charge in [0.25, 0.3) is 0 Å². The summed E-state index contributed by atoms with van der Waals surface area (Å²) in [6.45, 7) is 2.36. The molecule has 0 radical (unpaired) electrons. The highest BCUT2D eigenvalue weighted by molar-refractivity contribution is 7.99. The van der Waals surface area contributed by atoms with Crippen molar-refractivity contribution >= 4 is 11.8 Å². The zero-order chi connectivity index (χ0) is 13.9. The van der Waals surface area contributed by atoms with Crippen molar-refractivity contribution in [3.8, 4) is 0 Å². The van der Waals surface area contributed by atoms with Crippen molar-refractivity contribution < 1.29 is 5.11 Å². The first kappa shape index (κ1) is 13.7. The van der Waals surface area contributed by atoms with Crippen LogP contribution in [0.1, 0.15) is 34.9 Å². The van der Waals surface area contributed by atoms with Gasteiger partial charge in [-0.25, -0.2) is 0 Å². The van der Waals surface area contributed by atoms with E-state index in [4.69, 9.17) is 0 Å². The maximum absolute atomic E-state index is 9.81. The van der Waals surface area contributed by atoms with Gasteiger partial charge in [-0.3, -0.25) is 0 Å². The van der Waals surface area contributed by atoms with Gasteiger partial charge in [0.15, 0.2) is 0 Å². The van der Waals surface area contributed by atoms with Gasteiger partial charge in [-0.1, -0.05) is 42.5 Å². The zero-order valence-electron chi connectivity index (χ0n) is 11.8. The summed E-state index contributed by atoms with van der Waals surface area (Å²) < 4.78 is 0. The second-order valence-corrected chi connectivity index (χ2v) is 6.58. The van der Waals surface area contributed by atoms with Gasteiger partial charge < -0.3 is 5.11 Å². The topological polar surface area (TPSA) is 20.2 Å². The average molecular weight is 284 g/mol. The molecule has 0 amide bonds. The molecule has 1 nitrogen and oxygen atoms in total. The molecule has 0 bridgehead atoms. The number of hydrogen-bond acceptors (Lipinski definition) is 2. The van der Waals surface area contributed by atoms with Gasteiger partial charge in [-0.15, -0.1) is 11.8 Å². The zero-order valence-corrected chi connectivity index (χ0v) is 12.6. The summed E-state index contributed by atoms with van der Waals surface area (Å²) in [5, 5.41) is 9.81. The fourth-order valence-electron chi connectivity index (χ4n) is 3.11. The van der Waals surface area contributed by atoms with Crippen molar-refractivity contribution in [3.05, 3.63) is 65.2 Å². The molecular weight excluding hydrogens is 264 g/mol. The molecule has 3 rings (SSSR count). The summed E-state index contributed by atoms with van der Waals surface area (Å²) in [7, 11) is 0. The van der Waals surface area contributed by atoms with E-state index in [9.17, 15) is 5.11 Å². The first-order valence-corrected chi connectivity index (χ1v) is 8.16. The summed E-state index contributed by atoms with van der Waals surface area (Å²) in [6.07, 6.45) is 1.03. The molecule has 2 aromatic carbocycles. The van der Waals surface area contributed by atoms with E-state index in [1.54, 1.807) is 0 Å². The molecule has 2 aromatic rings. The van der Waals surface area contributed by atoms with Crippen LogP contribution in [0.2, 0.25) is 0 Å². The Labute approximate surface area is 125 Å². The minimum Gasteiger partial charge on any atom is -0.396 e. The highest BCUT2D eigenvalue weighted by Crippen LogP contribution is 2.43. The molecule has 0 saturated heterocycles. The lowest BCUT2D eigenvalue weighted by Crippen LogP contribution is -2.11. The van der Waals surface area contributed by atoms with Gasteiger partial charge in [-0.05, 0) is 42.0 Å². The Morgan fingerprint density at radius 3 is 2.70 bits per heavy atom. The first-order chi connectivity index (χ1) is 9.79. The maximum atomic E-state index is 9.81. The molecule has 0 aromatic heterocycles. The Morgan fingerprint density at radius 2 is 1.90 bits per heavy atom. The van der Waals surface area contributed by atoms with Crippen molar-refractivity contribution in [2.75, 3.05) is 12.4 Å². The summed E-state index contributed by atoms with van der Waals surface area (Å²) in [5.74, 6) is 1.95. The standard InChI is InChI=1S/C18H20OS/c1-13-6-2-3-7-16(13)14(11-19)10-15-12-20-18-9-5-4-8-17(15)18/h2-9,14-15,19H,10-12H2,1H3. The van der Waals surface area contributed by atoms with Crippen molar-refractivity contribution in [1.29, 1.82) is 0 Å². The monoisotopic (exact) mass is 284 g/mol. The molecule has 1 N–H and O–H groups in total. The fraction of sp³-hybridized carbons (Fsp3) is 0.333. The molecule has 2 atom stereocenters. The predicted molar refractivity (Wildman–Crippen MR) is 85.5 cm³/mol. The van der Waals surface area contributed by atoms with Crippen LogP contribution in [0, 0.1) is 6.92 Å². The molecule has 0 saturated carbocycles. The Balaban J connectivity index is 1.82. The summed E-state index contributed by atoms with van der Waals surface area (Å²) in [5.41, 5.74) is 4.04. The molecule has 20 heavy (non-hydrogen) atoms. The van der Waals surface area contributed by atoms with Crippen LogP contribution in [0.25, 0.3) is 0 Å². The molecule has 2 heteroatoms. The SMILES string of the molecule is Cc1ccccc1C(CO)CC1CSc2ccccc21. The lowest BCUT2D eigenvalue weighted by molar-refractivity contribution is 0.254. The molecule has 1 aliphatic heterocycles. The van der Waals surface area contributed by atoms with Crippen molar-refractivity contribution in [2.45, 2.75) is 30.1 Å². The first-order valence-electron chi connectivity index (χ1n) is 7.17. The Hall–Kier alpha value is -1.25. The van der Waals surface area contributed by atoms with E-state index in [0.717, 1.165) is 12.2 Å². The lowest BCUT2D eigenvalue weighted by atomic mass is 9.85. The van der Waals surface area contributed by atoms with Crippen LogP contribution in [-0.2, 0) is 0 Å². The van der Waals surface area contributed by atoms with Crippen LogP contribution in [0.4, 0.5) is 0 Å². The summed E-state index contributed by atoms with van der Waals surface area (Å²) >= 11 is 1.95. The quantitative estimate of drug-likeness (QED) is 0.900. The maximum Gasteiger partial charge on any atom is 0.0500 e. The minimum absolute atomic E-state index is 0.230. The summed E-state index contributed by atoms with van der Waals surface area (Å²) in [4.78, 5) is 1.42. The Kier molecular flexibility index (Phi) is 4.13. The highest BCUT2D eigenvalue weighted by atomic mass is 32.2. The molecule has 1 aliphatic rings. The van der Waals surface area contributed by atoms with Crippen LogP contribution in [0.3, 0.4) is 0 Å². The van der Waals surface area contributed by atoms with Gasteiger partial charge in [0, 0.05) is 23.2 Å². The Bertz CT molecular complexity index is 593. The van der Waals surface area contributed by atoms with Crippen molar-refractivity contribution in [3.63, 3.8) is 0 Å². The van der Waals surface area contributed by atoms with E-state index >= 15 is 0 Å². The van der Waals surface area contributed by atoms with Crippen molar-refractivity contribution in [1.82, 2.24) is 0 Å². The van der Waals surface area contributed by atoms with E-state index in [-0.39, 0.29) is 12.5 Å². The van der Waals surface area contributed by atoms with Gasteiger partial charge >= 0.3 is 0 Å². The molecule has 2 unspecified atom stereocenters. The van der Waals surface area contributed by atoms with Crippen LogP contribution < -0.4 is 0 Å². The van der Waals surface area contributed by atoms with E-state index < -0.39 is 0 Å². The predicted octanol–water partition coefficient (Wildman–Crippen LogP) is 4.35. The molecule has 0 aliphatic carbocycles. The number of rotatable bonds is 4. The highest BCUT2D eigenvalue weighted by Gasteiger charge is 2.26. The van der Waals surface area contributed by atoms with E-state index in [0.29, 0.717) is 5.92 Å². The average Bonchev–Trinajstić information content (AvgIpc) is 2.89. The number of aliphatic hydroxyl groups is 1. The summed E-state index contributed by atoms with van der Waals surface area (Å²) in [6, 6.07) is 17.1. The van der Waals surface area contributed by atoms with Gasteiger partial charge in [0.05, 0.1) is 0 Å². The molecule has 0 spiro atoms. The molecule has 1 heterocycles. The molecule has 0 fully saturated rings. The second kappa shape index (κ2) is 6.02. The number of hydrogen-bond donors (Lipinski definition) is 1. The van der Waals surface area contributed by atoms with Gasteiger partial charge in [0.2, 0.25) is 0 Å². The molecule has 104 valence electrons. The third-order valence-electron chi connectivity index (χ3n) is 4.22. The third kappa shape index (κ3) is 2.63. The Morgan fingerprint density at radius 1 is 1.15 bits per heavy atom. The number of thioether (sulfide) groups is 1. The van der Waals surface area contributed by atoms with Crippen LogP contribution in [-0.4, -0.2) is 17.5 Å². The van der Waals surface area contributed by atoms with Crippen LogP contribution in [0.15, 0.2) is 53.4 Å². The van der Waals surface area contributed by atoms with E-state index in [1.807, 2.05) is 11.8 Å². The van der Waals surface area contributed by atoms with Crippen LogP contribution >= 0.6 is 11.8 Å². The minimum atomic E-state index is 0.230. The van der Waals surface area contributed by atoms with Gasteiger partial charge in [-0.2, -0.15) is 0 Å². The largest absolute Gasteiger partial charge is 0.396 e. The molecular formula is C18H20OS.